The van der Waals surface area contributed by atoms with Crippen LogP contribution in [-0.4, -0.2) is 52.6 Å². The Morgan fingerprint density at radius 2 is 1.90 bits per heavy atom. The number of fused-ring (bicyclic) bond motifs is 1. The molecule has 0 fully saturated rings. The number of anilines is 2. The van der Waals surface area contributed by atoms with Crippen LogP contribution in [0.15, 0.2) is 41.4 Å². The lowest BCUT2D eigenvalue weighted by Crippen LogP contribution is -2.16. The molecule has 0 aliphatic heterocycles. The molecule has 0 radical (unpaired) electrons. The molecule has 0 bridgehead atoms. The smallest absolute Gasteiger partial charge is 0.272 e. The van der Waals surface area contributed by atoms with Gasteiger partial charge in [0.05, 0.1) is 12.0 Å². The van der Waals surface area contributed by atoms with Crippen molar-refractivity contribution in [2.24, 2.45) is 0 Å². The zero-order valence-corrected chi connectivity index (χ0v) is 17.6. The fourth-order valence-electron chi connectivity index (χ4n) is 2.88. The topological polar surface area (TPSA) is 93.7 Å². The highest BCUT2D eigenvalue weighted by molar-refractivity contribution is 7.93. The van der Waals surface area contributed by atoms with Crippen LogP contribution in [-0.2, 0) is 10.0 Å². The normalized spacial score (nSPS) is 11.6. The standard InChI is InChI=1S/C19H19F3N4O4S/c1-26(2)17-12-5-4-6-15(11(12)7-8-23-17)31(27,28)25-14-9-13(20)18(24-19(14)29-3)30-10-16(21)22/h4-9,16,25H,10H2,1-3H3. The van der Waals surface area contributed by atoms with E-state index in [0.29, 0.717) is 16.6 Å². The maximum atomic E-state index is 14.3. The van der Waals surface area contributed by atoms with Crippen molar-refractivity contribution in [1.29, 1.82) is 0 Å². The molecule has 0 saturated heterocycles. The Balaban J connectivity index is 2.03. The zero-order chi connectivity index (χ0) is 22.8. The number of nitrogens with zero attached hydrogens (tertiary/aromatic N) is 3. The fraction of sp³-hybridized carbons (Fsp3) is 0.263. The summed E-state index contributed by atoms with van der Waals surface area (Å²) in [6.45, 7) is -1.07. The van der Waals surface area contributed by atoms with E-state index in [-0.39, 0.29) is 16.5 Å². The molecule has 2 aromatic heterocycles. The van der Waals surface area contributed by atoms with Crippen LogP contribution in [0.4, 0.5) is 24.7 Å². The Morgan fingerprint density at radius 1 is 1.16 bits per heavy atom. The molecular formula is C19H19F3N4O4S. The van der Waals surface area contributed by atoms with Crippen molar-refractivity contribution in [2.75, 3.05) is 37.4 Å². The number of ether oxygens (including phenoxy) is 2. The van der Waals surface area contributed by atoms with E-state index in [0.717, 1.165) is 6.07 Å². The first-order valence-corrected chi connectivity index (χ1v) is 10.4. The number of methoxy groups -OCH3 is 1. The molecule has 166 valence electrons. The average Bonchev–Trinajstić information content (AvgIpc) is 2.71. The van der Waals surface area contributed by atoms with Gasteiger partial charge in [0.2, 0.25) is 5.88 Å². The van der Waals surface area contributed by atoms with Crippen molar-refractivity contribution in [1.82, 2.24) is 9.97 Å². The maximum absolute atomic E-state index is 14.3. The molecular weight excluding hydrogens is 437 g/mol. The summed E-state index contributed by atoms with van der Waals surface area (Å²) in [5.41, 5.74) is -0.316. The lowest BCUT2D eigenvalue weighted by Gasteiger charge is -2.17. The lowest BCUT2D eigenvalue weighted by molar-refractivity contribution is 0.0770. The lowest BCUT2D eigenvalue weighted by atomic mass is 10.1. The number of alkyl halides is 2. The first kappa shape index (κ1) is 22.4. The number of halogens is 3. The Hall–Kier alpha value is -3.28. The van der Waals surface area contributed by atoms with E-state index in [9.17, 15) is 21.6 Å². The van der Waals surface area contributed by atoms with Gasteiger partial charge in [0.25, 0.3) is 22.3 Å². The number of hydrogen-bond donors (Lipinski definition) is 1. The van der Waals surface area contributed by atoms with Gasteiger partial charge in [-0.1, -0.05) is 12.1 Å². The highest BCUT2D eigenvalue weighted by atomic mass is 32.2. The van der Waals surface area contributed by atoms with E-state index in [4.69, 9.17) is 4.74 Å². The van der Waals surface area contributed by atoms with Gasteiger partial charge >= 0.3 is 0 Å². The molecule has 31 heavy (non-hydrogen) atoms. The van der Waals surface area contributed by atoms with Crippen molar-refractivity contribution in [3.05, 3.63) is 42.3 Å². The highest BCUT2D eigenvalue weighted by Crippen LogP contribution is 2.33. The van der Waals surface area contributed by atoms with Crippen LogP contribution in [0.25, 0.3) is 10.8 Å². The first-order chi connectivity index (χ1) is 14.6. The van der Waals surface area contributed by atoms with E-state index in [2.05, 4.69) is 19.4 Å². The predicted octanol–water partition coefficient (Wildman–Crippen LogP) is 3.29. The molecule has 1 aromatic carbocycles. The fourth-order valence-corrected chi connectivity index (χ4v) is 4.15. The molecule has 3 rings (SSSR count). The number of benzene rings is 1. The molecule has 12 heteroatoms. The summed E-state index contributed by atoms with van der Waals surface area (Å²) in [5, 5.41) is 1.00. The number of nitrogens with one attached hydrogen (secondary N) is 1. The maximum Gasteiger partial charge on any atom is 0.272 e. The minimum absolute atomic E-state index is 0.0732. The van der Waals surface area contributed by atoms with Crippen molar-refractivity contribution >= 4 is 32.3 Å². The molecule has 1 N–H and O–H groups in total. The molecule has 0 unspecified atom stereocenters. The minimum atomic E-state index is -4.21. The Labute approximate surface area is 176 Å². The van der Waals surface area contributed by atoms with Crippen molar-refractivity contribution < 1.29 is 31.1 Å². The third-order valence-electron chi connectivity index (χ3n) is 4.15. The van der Waals surface area contributed by atoms with Crippen LogP contribution >= 0.6 is 0 Å². The number of aromatic nitrogens is 2. The van der Waals surface area contributed by atoms with E-state index in [1.54, 1.807) is 37.2 Å². The molecule has 0 atom stereocenters. The molecule has 2 heterocycles. The van der Waals surface area contributed by atoms with Gasteiger partial charge in [-0.3, -0.25) is 4.72 Å². The van der Waals surface area contributed by atoms with Crippen LogP contribution in [0.2, 0.25) is 0 Å². The van der Waals surface area contributed by atoms with Crippen molar-refractivity contribution in [3.8, 4) is 11.8 Å². The van der Waals surface area contributed by atoms with Gasteiger partial charge in [0, 0.05) is 37.1 Å². The predicted molar refractivity (Wildman–Crippen MR) is 109 cm³/mol. The first-order valence-electron chi connectivity index (χ1n) is 8.87. The molecule has 0 aliphatic rings. The second-order valence-electron chi connectivity index (χ2n) is 6.52. The number of sulfonamides is 1. The molecule has 0 saturated carbocycles. The second-order valence-corrected chi connectivity index (χ2v) is 8.17. The Kier molecular flexibility index (Phi) is 6.39. The Morgan fingerprint density at radius 3 is 2.55 bits per heavy atom. The van der Waals surface area contributed by atoms with E-state index >= 15 is 0 Å². The molecule has 0 amide bonds. The van der Waals surface area contributed by atoms with Gasteiger partial charge in [0.1, 0.15) is 11.5 Å². The van der Waals surface area contributed by atoms with Crippen molar-refractivity contribution in [3.63, 3.8) is 0 Å². The molecule has 0 aliphatic carbocycles. The summed E-state index contributed by atoms with van der Waals surface area (Å²) in [6, 6.07) is 6.98. The molecule has 3 aromatic rings. The Bertz CT molecular complexity index is 1210. The quantitative estimate of drug-likeness (QED) is 0.556. The largest absolute Gasteiger partial charge is 0.479 e. The van der Waals surface area contributed by atoms with Gasteiger partial charge in [-0.2, -0.15) is 4.98 Å². The van der Waals surface area contributed by atoms with Gasteiger partial charge in [0.15, 0.2) is 12.4 Å². The van der Waals surface area contributed by atoms with E-state index < -0.39 is 34.8 Å². The summed E-state index contributed by atoms with van der Waals surface area (Å²) < 4.78 is 76.9. The zero-order valence-electron chi connectivity index (χ0n) is 16.8. The number of hydrogen-bond acceptors (Lipinski definition) is 7. The number of rotatable bonds is 8. The highest BCUT2D eigenvalue weighted by Gasteiger charge is 2.23. The monoisotopic (exact) mass is 456 g/mol. The van der Waals surface area contributed by atoms with E-state index in [1.165, 1.54) is 19.4 Å². The summed E-state index contributed by atoms with van der Waals surface area (Å²) in [5.74, 6) is -1.63. The van der Waals surface area contributed by atoms with E-state index in [1.807, 2.05) is 0 Å². The second kappa shape index (κ2) is 8.84. The average molecular weight is 456 g/mol. The molecule has 8 nitrogen and oxygen atoms in total. The van der Waals surface area contributed by atoms with Crippen LogP contribution in [0.1, 0.15) is 0 Å². The molecule has 0 spiro atoms. The number of pyridine rings is 2. The SMILES string of the molecule is COc1nc(OCC(F)F)c(F)cc1NS(=O)(=O)c1cccc2c(N(C)C)nccc12. The van der Waals surface area contributed by atoms with Crippen molar-refractivity contribution in [2.45, 2.75) is 11.3 Å². The third kappa shape index (κ3) is 4.74. The third-order valence-corrected chi connectivity index (χ3v) is 5.57. The van der Waals surface area contributed by atoms with Crippen LogP contribution < -0.4 is 19.1 Å². The van der Waals surface area contributed by atoms with Gasteiger partial charge in [-0.15, -0.1) is 0 Å². The van der Waals surface area contributed by atoms with Gasteiger partial charge < -0.3 is 14.4 Å². The van der Waals surface area contributed by atoms with Crippen LogP contribution in [0.5, 0.6) is 11.8 Å². The summed E-state index contributed by atoms with van der Waals surface area (Å²) >= 11 is 0. The van der Waals surface area contributed by atoms with Gasteiger partial charge in [-0.25, -0.2) is 26.6 Å². The van der Waals surface area contributed by atoms with Crippen LogP contribution in [0.3, 0.4) is 0 Å². The van der Waals surface area contributed by atoms with Gasteiger partial charge in [-0.05, 0) is 12.1 Å². The summed E-state index contributed by atoms with van der Waals surface area (Å²) in [6.07, 6.45) is -1.36. The minimum Gasteiger partial charge on any atom is -0.479 e. The summed E-state index contributed by atoms with van der Waals surface area (Å²) in [7, 11) is 0.506. The summed E-state index contributed by atoms with van der Waals surface area (Å²) in [4.78, 5) is 9.57. The van der Waals surface area contributed by atoms with Crippen LogP contribution in [0, 0.1) is 5.82 Å².